The highest BCUT2D eigenvalue weighted by Crippen LogP contribution is 2.32. The van der Waals surface area contributed by atoms with E-state index in [0.29, 0.717) is 23.8 Å². The predicted molar refractivity (Wildman–Crippen MR) is 112 cm³/mol. The molecule has 0 unspecified atom stereocenters. The van der Waals surface area contributed by atoms with E-state index in [1.54, 1.807) is 42.9 Å². The number of rotatable bonds is 6. The first-order chi connectivity index (χ1) is 14.4. The van der Waals surface area contributed by atoms with Crippen molar-refractivity contribution in [3.05, 3.63) is 66.6 Å². The number of hydrogen-bond acceptors (Lipinski definition) is 7. The molecule has 2 aromatic heterocycles. The number of phenolic OH excluding ortho intramolecular Hbond substituents is 1. The normalized spacial score (nSPS) is 11.5. The summed E-state index contributed by atoms with van der Waals surface area (Å²) in [7, 11) is -2.22. The maximum Gasteiger partial charge on any atom is 0.238 e. The summed E-state index contributed by atoms with van der Waals surface area (Å²) in [4.78, 5) is 8.87. The Bertz CT molecular complexity index is 1320. The molecule has 0 aliphatic rings. The van der Waals surface area contributed by atoms with Crippen LogP contribution in [0.2, 0.25) is 0 Å². The maximum atomic E-state index is 11.4. The highest BCUT2D eigenvalue weighted by Gasteiger charge is 2.12. The molecule has 0 atom stereocenters. The topological polar surface area (TPSA) is 132 Å². The van der Waals surface area contributed by atoms with E-state index in [1.807, 2.05) is 10.5 Å². The number of sulfonamides is 1. The smallest absolute Gasteiger partial charge is 0.238 e. The van der Waals surface area contributed by atoms with Gasteiger partial charge in [-0.15, -0.1) is 0 Å². The Morgan fingerprint density at radius 3 is 2.60 bits per heavy atom. The number of ether oxygens (including phenoxy) is 1. The minimum absolute atomic E-state index is 0.0419. The van der Waals surface area contributed by atoms with E-state index in [0.717, 1.165) is 16.8 Å². The van der Waals surface area contributed by atoms with Crippen LogP contribution in [0.25, 0.3) is 16.9 Å². The van der Waals surface area contributed by atoms with Crippen LogP contribution in [0.15, 0.2) is 66.0 Å². The summed E-state index contributed by atoms with van der Waals surface area (Å²) in [5.41, 5.74) is 3.03. The van der Waals surface area contributed by atoms with Crippen molar-refractivity contribution >= 4 is 21.5 Å². The van der Waals surface area contributed by atoms with Gasteiger partial charge < -0.3 is 15.2 Å². The van der Waals surface area contributed by atoms with Crippen LogP contribution in [0.3, 0.4) is 0 Å². The molecule has 0 amide bonds. The minimum atomic E-state index is -3.72. The van der Waals surface area contributed by atoms with Gasteiger partial charge in [0.25, 0.3) is 0 Å². The van der Waals surface area contributed by atoms with E-state index in [-0.39, 0.29) is 10.6 Å². The fourth-order valence-electron chi connectivity index (χ4n) is 3.09. The number of fused-ring (bicyclic) bond motifs is 1. The Morgan fingerprint density at radius 2 is 1.93 bits per heavy atom. The molecule has 0 fully saturated rings. The second kappa shape index (κ2) is 7.65. The van der Waals surface area contributed by atoms with Crippen molar-refractivity contribution in [2.75, 3.05) is 12.4 Å². The van der Waals surface area contributed by atoms with E-state index >= 15 is 0 Å². The van der Waals surface area contributed by atoms with E-state index in [2.05, 4.69) is 15.3 Å². The fourth-order valence-corrected chi connectivity index (χ4v) is 3.61. The number of anilines is 1. The van der Waals surface area contributed by atoms with Crippen molar-refractivity contribution in [2.45, 2.75) is 11.4 Å². The zero-order valence-electron chi connectivity index (χ0n) is 16.0. The van der Waals surface area contributed by atoms with Gasteiger partial charge in [0, 0.05) is 24.5 Å². The monoisotopic (exact) mass is 425 g/mol. The lowest BCUT2D eigenvalue weighted by Crippen LogP contribution is -2.12. The average molecular weight is 425 g/mol. The quantitative estimate of drug-likeness (QED) is 0.432. The molecule has 30 heavy (non-hydrogen) atoms. The van der Waals surface area contributed by atoms with Gasteiger partial charge >= 0.3 is 0 Å². The van der Waals surface area contributed by atoms with Crippen LogP contribution in [0.1, 0.15) is 5.56 Å². The molecule has 0 radical (unpaired) electrons. The van der Waals surface area contributed by atoms with E-state index in [4.69, 9.17) is 9.88 Å². The number of primary sulfonamides is 1. The van der Waals surface area contributed by atoms with Crippen molar-refractivity contribution in [2.24, 2.45) is 5.14 Å². The number of nitrogens with zero attached hydrogens (tertiary/aromatic N) is 3. The van der Waals surface area contributed by atoms with Crippen LogP contribution >= 0.6 is 0 Å². The molecule has 2 aromatic carbocycles. The van der Waals surface area contributed by atoms with Crippen LogP contribution in [-0.4, -0.2) is 35.0 Å². The number of hydrogen-bond donors (Lipinski definition) is 3. The Labute approximate surface area is 172 Å². The fraction of sp³-hybridized carbons (Fsp3) is 0.100. The van der Waals surface area contributed by atoms with Crippen LogP contribution in [-0.2, 0) is 16.6 Å². The number of nitrogens with one attached hydrogen (secondary N) is 1. The lowest BCUT2D eigenvalue weighted by atomic mass is 10.1. The van der Waals surface area contributed by atoms with Gasteiger partial charge in [0.1, 0.15) is 0 Å². The van der Waals surface area contributed by atoms with Gasteiger partial charge in [0.15, 0.2) is 23.0 Å². The van der Waals surface area contributed by atoms with Crippen molar-refractivity contribution in [1.29, 1.82) is 0 Å². The molecule has 0 saturated heterocycles. The van der Waals surface area contributed by atoms with Gasteiger partial charge in [0.05, 0.1) is 23.9 Å². The number of benzene rings is 2. The zero-order valence-corrected chi connectivity index (χ0v) is 16.8. The summed E-state index contributed by atoms with van der Waals surface area (Å²) < 4.78 is 29.7. The first-order valence-corrected chi connectivity index (χ1v) is 10.5. The Kier molecular flexibility index (Phi) is 5.02. The van der Waals surface area contributed by atoms with Gasteiger partial charge in [-0.05, 0) is 35.9 Å². The van der Waals surface area contributed by atoms with Crippen LogP contribution in [0.5, 0.6) is 11.5 Å². The number of aromatic nitrogens is 3. The minimum Gasteiger partial charge on any atom is -0.504 e. The summed E-state index contributed by atoms with van der Waals surface area (Å²) in [5.74, 6) is 1.00. The lowest BCUT2D eigenvalue weighted by Gasteiger charge is -2.09. The van der Waals surface area contributed by atoms with Crippen molar-refractivity contribution in [1.82, 2.24) is 14.4 Å². The first-order valence-electron chi connectivity index (χ1n) is 8.92. The van der Waals surface area contributed by atoms with Gasteiger partial charge in [-0.25, -0.2) is 23.5 Å². The molecule has 4 rings (SSSR count). The Balaban J connectivity index is 1.60. The molecule has 0 saturated carbocycles. The number of phenols is 1. The SMILES string of the molecule is COc1ccc(-c2cnc3c(NCc4ccc(S(N)(=O)=O)cc4)nccn23)cc1O. The number of imidazole rings is 1. The van der Waals surface area contributed by atoms with Gasteiger partial charge in [-0.3, -0.25) is 4.40 Å². The van der Waals surface area contributed by atoms with E-state index in [9.17, 15) is 13.5 Å². The molecule has 4 aromatic rings. The first kappa shape index (κ1) is 19.7. The molecule has 2 heterocycles. The predicted octanol–water partition coefficient (Wildman–Crippen LogP) is 2.37. The highest BCUT2D eigenvalue weighted by atomic mass is 32.2. The highest BCUT2D eigenvalue weighted by molar-refractivity contribution is 7.89. The summed E-state index contributed by atoms with van der Waals surface area (Å²) in [6.45, 7) is 0.420. The molecule has 0 aliphatic heterocycles. The Hall–Kier alpha value is -3.63. The zero-order chi connectivity index (χ0) is 21.3. The van der Waals surface area contributed by atoms with Crippen LogP contribution in [0.4, 0.5) is 5.82 Å². The maximum absolute atomic E-state index is 11.4. The number of nitrogens with two attached hydrogens (primary N) is 1. The van der Waals surface area contributed by atoms with Crippen LogP contribution in [0, 0.1) is 0 Å². The van der Waals surface area contributed by atoms with Gasteiger partial charge in [-0.2, -0.15) is 0 Å². The molecule has 0 bridgehead atoms. The van der Waals surface area contributed by atoms with E-state index in [1.165, 1.54) is 19.2 Å². The molecule has 9 nitrogen and oxygen atoms in total. The van der Waals surface area contributed by atoms with Crippen molar-refractivity contribution < 1.29 is 18.3 Å². The van der Waals surface area contributed by atoms with E-state index < -0.39 is 10.0 Å². The molecule has 0 spiro atoms. The third-order valence-electron chi connectivity index (χ3n) is 4.61. The molecular weight excluding hydrogens is 406 g/mol. The molecule has 4 N–H and O–H groups in total. The molecular formula is C20H19N5O4S. The summed E-state index contributed by atoms with van der Waals surface area (Å²) in [6, 6.07) is 11.4. The summed E-state index contributed by atoms with van der Waals surface area (Å²) in [5, 5.41) is 18.4. The second-order valence-corrected chi connectivity index (χ2v) is 8.10. The average Bonchev–Trinajstić information content (AvgIpc) is 3.16. The van der Waals surface area contributed by atoms with Gasteiger partial charge in [0.2, 0.25) is 10.0 Å². The molecule has 154 valence electrons. The van der Waals surface area contributed by atoms with Crippen molar-refractivity contribution in [3.63, 3.8) is 0 Å². The van der Waals surface area contributed by atoms with Crippen LogP contribution < -0.4 is 15.2 Å². The number of methoxy groups -OCH3 is 1. The standard InChI is InChI=1S/C20H19N5O4S/c1-29-18-7-4-14(10-17(18)26)16-12-24-20-19(22-8-9-25(16)20)23-11-13-2-5-15(6-3-13)30(21,27)28/h2-10,12,26H,11H2,1H3,(H,22,23)(H2,21,27,28). The third-order valence-corrected chi connectivity index (χ3v) is 5.54. The second-order valence-electron chi connectivity index (χ2n) is 6.54. The van der Waals surface area contributed by atoms with Gasteiger partial charge in [-0.1, -0.05) is 12.1 Å². The van der Waals surface area contributed by atoms with Crippen molar-refractivity contribution in [3.8, 4) is 22.8 Å². The molecule has 0 aliphatic carbocycles. The lowest BCUT2D eigenvalue weighted by molar-refractivity contribution is 0.373. The summed E-state index contributed by atoms with van der Waals surface area (Å²) in [6.07, 6.45) is 5.13. The largest absolute Gasteiger partial charge is 0.504 e. The Morgan fingerprint density at radius 1 is 1.17 bits per heavy atom. The summed E-state index contributed by atoms with van der Waals surface area (Å²) >= 11 is 0. The molecule has 10 heteroatoms. The third kappa shape index (κ3) is 3.78. The number of aromatic hydroxyl groups is 1.